The van der Waals surface area contributed by atoms with Crippen LogP contribution in [-0.4, -0.2) is 4.98 Å². The molecule has 1 rings (SSSR count). The molecule has 0 aliphatic carbocycles. The SMILES string of the molecule is Cc1ccc(CC(C)C)c(C)n1. The summed E-state index contributed by atoms with van der Waals surface area (Å²) in [5.74, 6) is 0.716. The third kappa shape index (κ3) is 2.33. The van der Waals surface area contributed by atoms with E-state index < -0.39 is 0 Å². The Morgan fingerprint density at radius 3 is 2.42 bits per heavy atom. The number of aromatic nitrogens is 1. The van der Waals surface area contributed by atoms with Gasteiger partial charge in [0.15, 0.2) is 0 Å². The zero-order valence-corrected chi connectivity index (χ0v) is 8.39. The van der Waals surface area contributed by atoms with E-state index in [0.29, 0.717) is 5.92 Å². The summed E-state index contributed by atoms with van der Waals surface area (Å²) in [6.45, 7) is 8.59. The van der Waals surface area contributed by atoms with Crippen molar-refractivity contribution in [1.29, 1.82) is 0 Å². The van der Waals surface area contributed by atoms with Crippen LogP contribution in [0.15, 0.2) is 12.1 Å². The Morgan fingerprint density at radius 2 is 1.92 bits per heavy atom. The van der Waals surface area contributed by atoms with Crippen LogP contribution in [0.1, 0.15) is 30.8 Å². The third-order valence-electron chi connectivity index (χ3n) is 1.96. The van der Waals surface area contributed by atoms with E-state index in [9.17, 15) is 0 Å². The highest BCUT2D eigenvalue weighted by Gasteiger charge is 2.01. The molecule has 1 nitrogen and oxygen atoms in total. The molecule has 0 radical (unpaired) electrons. The maximum Gasteiger partial charge on any atom is 0.0407 e. The highest BCUT2D eigenvalue weighted by molar-refractivity contribution is 5.21. The van der Waals surface area contributed by atoms with Crippen molar-refractivity contribution in [3.05, 3.63) is 29.1 Å². The molecular weight excluding hydrogens is 146 g/mol. The Morgan fingerprint density at radius 1 is 1.25 bits per heavy atom. The molecule has 66 valence electrons. The van der Waals surface area contributed by atoms with Gasteiger partial charge in [0.1, 0.15) is 0 Å². The third-order valence-corrected chi connectivity index (χ3v) is 1.96. The van der Waals surface area contributed by atoms with E-state index in [4.69, 9.17) is 0 Å². The zero-order chi connectivity index (χ0) is 9.14. The van der Waals surface area contributed by atoms with Crippen LogP contribution in [0.2, 0.25) is 0 Å². The standard InChI is InChI=1S/C11H17N/c1-8(2)7-11-6-5-9(3)12-10(11)4/h5-6,8H,7H2,1-4H3. The fourth-order valence-electron chi connectivity index (χ4n) is 1.37. The number of aryl methyl sites for hydroxylation is 2. The van der Waals surface area contributed by atoms with Crippen molar-refractivity contribution >= 4 is 0 Å². The molecule has 1 aromatic rings. The summed E-state index contributed by atoms with van der Waals surface area (Å²) in [6, 6.07) is 4.28. The Hall–Kier alpha value is -0.850. The summed E-state index contributed by atoms with van der Waals surface area (Å²) in [4.78, 5) is 4.43. The maximum absolute atomic E-state index is 4.43. The highest BCUT2D eigenvalue weighted by atomic mass is 14.7. The van der Waals surface area contributed by atoms with Gasteiger partial charge in [-0.25, -0.2) is 0 Å². The van der Waals surface area contributed by atoms with Crippen LogP contribution in [0, 0.1) is 19.8 Å². The Kier molecular flexibility index (Phi) is 2.85. The first-order chi connectivity index (χ1) is 5.59. The van der Waals surface area contributed by atoms with E-state index in [-0.39, 0.29) is 0 Å². The van der Waals surface area contributed by atoms with E-state index in [0.717, 1.165) is 12.1 Å². The van der Waals surface area contributed by atoms with Crippen molar-refractivity contribution in [3.8, 4) is 0 Å². The van der Waals surface area contributed by atoms with Crippen LogP contribution in [-0.2, 0) is 6.42 Å². The molecule has 0 N–H and O–H groups in total. The van der Waals surface area contributed by atoms with Crippen molar-refractivity contribution in [3.63, 3.8) is 0 Å². The lowest BCUT2D eigenvalue weighted by molar-refractivity contribution is 0.642. The molecule has 0 atom stereocenters. The highest BCUT2D eigenvalue weighted by Crippen LogP contribution is 2.11. The fraction of sp³-hybridized carbons (Fsp3) is 0.545. The largest absolute Gasteiger partial charge is 0.258 e. The second-order valence-electron chi connectivity index (χ2n) is 3.80. The second kappa shape index (κ2) is 3.70. The van der Waals surface area contributed by atoms with Crippen molar-refractivity contribution in [2.45, 2.75) is 34.1 Å². The van der Waals surface area contributed by atoms with Crippen LogP contribution >= 0.6 is 0 Å². The monoisotopic (exact) mass is 163 g/mol. The van der Waals surface area contributed by atoms with Crippen molar-refractivity contribution in [1.82, 2.24) is 4.98 Å². The molecule has 0 fully saturated rings. The van der Waals surface area contributed by atoms with E-state index in [1.807, 2.05) is 6.92 Å². The lowest BCUT2D eigenvalue weighted by atomic mass is 10.0. The Labute approximate surface area is 74.8 Å². The molecule has 0 spiro atoms. The van der Waals surface area contributed by atoms with Gasteiger partial charge in [0.05, 0.1) is 0 Å². The molecule has 0 amide bonds. The first kappa shape index (κ1) is 9.24. The minimum absolute atomic E-state index is 0.716. The summed E-state index contributed by atoms with van der Waals surface area (Å²) in [5, 5.41) is 0. The minimum atomic E-state index is 0.716. The van der Waals surface area contributed by atoms with Gasteiger partial charge in [0.25, 0.3) is 0 Å². The molecule has 1 heterocycles. The second-order valence-corrected chi connectivity index (χ2v) is 3.80. The summed E-state index contributed by atoms with van der Waals surface area (Å²) < 4.78 is 0. The average Bonchev–Trinajstić information content (AvgIpc) is 1.94. The quantitative estimate of drug-likeness (QED) is 0.653. The lowest BCUT2D eigenvalue weighted by Gasteiger charge is -2.07. The lowest BCUT2D eigenvalue weighted by Crippen LogP contribution is -1.99. The number of rotatable bonds is 2. The van der Waals surface area contributed by atoms with E-state index >= 15 is 0 Å². The molecule has 1 heteroatoms. The van der Waals surface area contributed by atoms with Crippen LogP contribution in [0.25, 0.3) is 0 Å². The molecular formula is C11H17N. The summed E-state index contributed by atoms with van der Waals surface area (Å²) in [7, 11) is 0. The normalized spacial score (nSPS) is 10.8. The molecule has 0 saturated heterocycles. The molecule has 12 heavy (non-hydrogen) atoms. The van der Waals surface area contributed by atoms with Gasteiger partial charge >= 0.3 is 0 Å². The predicted octanol–water partition coefficient (Wildman–Crippen LogP) is 2.90. The molecule has 1 aromatic heterocycles. The Balaban J connectivity index is 2.86. The molecule has 0 saturated carbocycles. The number of hydrogen-bond donors (Lipinski definition) is 0. The van der Waals surface area contributed by atoms with Gasteiger partial charge in [-0.1, -0.05) is 19.9 Å². The van der Waals surface area contributed by atoms with Crippen LogP contribution in [0.4, 0.5) is 0 Å². The Bertz CT molecular complexity index is 264. The fourth-order valence-corrected chi connectivity index (χ4v) is 1.37. The van der Waals surface area contributed by atoms with E-state index in [1.165, 1.54) is 11.3 Å². The van der Waals surface area contributed by atoms with Gasteiger partial charge in [-0.2, -0.15) is 0 Å². The van der Waals surface area contributed by atoms with Crippen LogP contribution < -0.4 is 0 Å². The summed E-state index contributed by atoms with van der Waals surface area (Å²) in [6.07, 6.45) is 1.14. The number of nitrogens with zero attached hydrogens (tertiary/aromatic N) is 1. The van der Waals surface area contributed by atoms with Gasteiger partial charge in [0, 0.05) is 11.4 Å². The molecule has 0 bridgehead atoms. The number of hydrogen-bond acceptors (Lipinski definition) is 1. The molecule has 0 aliphatic heterocycles. The van der Waals surface area contributed by atoms with E-state index in [2.05, 4.69) is 37.9 Å². The van der Waals surface area contributed by atoms with Gasteiger partial charge in [-0.3, -0.25) is 4.98 Å². The first-order valence-electron chi connectivity index (χ1n) is 4.52. The zero-order valence-electron chi connectivity index (χ0n) is 8.39. The van der Waals surface area contributed by atoms with Gasteiger partial charge in [-0.05, 0) is 37.8 Å². The minimum Gasteiger partial charge on any atom is -0.258 e. The summed E-state index contributed by atoms with van der Waals surface area (Å²) in [5.41, 5.74) is 3.68. The van der Waals surface area contributed by atoms with Crippen LogP contribution in [0.5, 0.6) is 0 Å². The predicted molar refractivity (Wildman–Crippen MR) is 52.3 cm³/mol. The maximum atomic E-state index is 4.43. The van der Waals surface area contributed by atoms with Gasteiger partial charge < -0.3 is 0 Å². The van der Waals surface area contributed by atoms with Crippen molar-refractivity contribution in [2.75, 3.05) is 0 Å². The molecule has 0 aliphatic rings. The summed E-state index contributed by atoms with van der Waals surface area (Å²) >= 11 is 0. The van der Waals surface area contributed by atoms with Gasteiger partial charge in [0.2, 0.25) is 0 Å². The van der Waals surface area contributed by atoms with Crippen LogP contribution in [0.3, 0.4) is 0 Å². The van der Waals surface area contributed by atoms with Crippen molar-refractivity contribution in [2.24, 2.45) is 5.92 Å². The smallest absolute Gasteiger partial charge is 0.0407 e. The van der Waals surface area contributed by atoms with Crippen molar-refractivity contribution < 1.29 is 0 Å². The topological polar surface area (TPSA) is 12.9 Å². The molecule has 0 aromatic carbocycles. The average molecular weight is 163 g/mol. The van der Waals surface area contributed by atoms with Gasteiger partial charge in [-0.15, -0.1) is 0 Å². The first-order valence-corrected chi connectivity index (χ1v) is 4.52. The molecule has 0 unspecified atom stereocenters. The number of pyridine rings is 1. The van der Waals surface area contributed by atoms with E-state index in [1.54, 1.807) is 0 Å².